The topological polar surface area (TPSA) is 119 Å². The summed E-state index contributed by atoms with van der Waals surface area (Å²) < 4.78 is 17.1. The molecule has 0 spiro atoms. The van der Waals surface area contributed by atoms with Crippen LogP contribution in [0.1, 0.15) is 11.3 Å². The van der Waals surface area contributed by atoms with Crippen LogP contribution < -0.4 is 10.6 Å². The number of anilines is 2. The number of rotatable bonds is 11. The van der Waals surface area contributed by atoms with Crippen molar-refractivity contribution in [2.75, 3.05) is 32.5 Å². The lowest BCUT2D eigenvalue weighted by atomic mass is 10.2. The minimum absolute atomic E-state index is 0.134. The Bertz CT molecular complexity index is 1960. The first-order valence-electron chi connectivity index (χ1n) is 14.1. The van der Waals surface area contributed by atoms with Crippen molar-refractivity contribution in [3.8, 4) is 5.69 Å². The Balaban J connectivity index is 1.15. The molecule has 0 radical (unpaired) electrons. The number of benzene rings is 3. The largest absolute Gasteiger partial charge is 0.352 e. The number of amides is 1. The van der Waals surface area contributed by atoms with E-state index in [9.17, 15) is 9.18 Å². The molecule has 44 heavy (non-hydrogen) atoms. The molecule has 6 aromatic rings. The van der Waals surface area contributed by atoms with Gasteiger partial charge in [0.2, 0.25) is 5.91 Å². The van der Waals surface area contributed by atoms with Gasteiger partial charge in [0.05, 0.1) is 35.2 Å². The normalized spacial score (nSPS) is 11.6. The fourth-order valence-electron chi connectivity index (χ4n) is 4.76. The van der Waals surface area contributed by atoms with E-state index in [1.54, 1.807) is 21.5 Å². The van der Waals surface area contributed by atoms with Gasteiger partial charge in [0, 0.05) is 48.2 Å². The second kappa shape index (κ2) is 12.8. The molecule has 0 atom stereocenters. The molecule has 3 heterocycles. The Hall–Kier alpha value is -5.49. The Morgan fingerprint density at radius 3 is 2.77 bits per heavy atom. The summed E-state index contributed by atoms with van der Waals surface area (Å²) >= 11 is 0. The van der Waals surface area contributed by atoms with Crippen molar-refractivity contribution in [2.24, 2.45) is 0 Å². The van der Waals surface area contributed by atoms with Crippen LogP contribution in [0.3, 0.4) is 0 Å². The molecule has 11 nitrogen and oxygen atoms in total. The summed E-state index contributed by atoms with van der Waals surface area (Å²) in [6, 6.07) is 18.2. The molecule has 2 N–H and O–H groups in total. The zero-order chi connectivity index (χ0) is 30.5. The first-order chi connectivity index (χ1) is 21.4. The molecule has 0 aliphatic heterocycles. The maximum Gasteiger partial charge on any atom is 0.243 e. The molecule has 0 saturated heterocycles. The average Bonchev–Trinajstić information content (AvgIpc) is 3.63. The number of hydrogen-bond donors (Lipinski definition) is 2. The third kappa shape index (κ3) is 6.93. The molecule has 0 aliphatic rings. The number of fused-ring (bicyclic) bond motifs is 2. The number of carbonyl (C=O) groups excluding carboxylic acids is 1. The smallest absolute Gasteiger partial charge is 0.243 e. The van der Waals surface area contributed by atoms with E-state index in [1.165, 1.54) is 18.5 Å². The quantitative estimate of drug-likeness (QED) is 0.215. The van der Waals surface area contributed by atoms with Gasteiger partial charge in [-0.1, -0.05) is 23.4 Å². The summed E-state index contributed by atoms with van der Waals surface area (Å²) in [5.41, 5.74) is 4.87. The first kappa shape index (κ1) is 28.6. The van der Waals surface area contributed by atoms with Gasteiger partial charge < -0.3 is 15.5 Å². The predicted octanol–water partition coefficient (Wildman–Crippen LogP) is 4.27. The van der Waals surface area contributed by atoms with Crippen molar-refractivity contribution in [3.05, 3.63) is 109 Å². The Kier molecular flexibility index (Phi) is 8.32. The van der Waals surface area contributed by atoms with Gasteiger partial charge in [-0.25, -0.2) is 19.0 Å². The molecular formula is C32H31FN10O. The molecule has 6 rings (SSSR count). The van der Waals surface area contributed by atoms with Crippen molar-refractivity contribution >= 4 is 39.2 Å². The molecule has 0 saturated carbocycles. The van der Waals surface area contributed by atoms with Crippen LogP contribution in [-0.4, -0.2) is 72.7 Å². The van der Waals surface area contributed by atoms with Gasteiger partial charge in [0.15, 0.2) is 0 Å². The molecular weight excluding hydrogens is 559 g/mol. The van der Waals surface area contributed by atoms with E-state index in [4.69, 9.17) is 0 Å². The summed E-state index contributed by atoms with van der Waals surface area (Å²) in [4.78, 5) is 22.9. The molecule has 1 amide bonds. The van der Waals surface area contributed by atoms with Crippen LogP contribution in [0.5, 0.6) is 0 Å². The standard InChI is InChI=1S/C32H31FN10O/c1-41(2)14-4-7-31(44)34-13-12-26-20-43(40-38-26)27-9-11-30-28(17-27)32(36-21-35-30)37-25-8-10-29-23(16-25)19-42(39-29)18-22-5-3-6-24(33)15-22/h3-11,15-17,19-21H,12-14,18H2,1-2H3,(H,34,44)(H,35,36,37)/b7-4-. The first-order valence-corrected chi connectivity index (χ1v) is 14.1. The minimum atomic E-state index is -0.264. The number of halogens is 1. The van der Waals surface area contributed by atoms with Crippen LogP contribution in [0, 0.1) is 5.82 Å². The highest BCUT2D eigenvalue weighted by Crippen LogP contribution is 2.27. The average molecular weight is 591 g/mol. The van der Waals surface area contributed by atoms with E-state index in [0.717, 1.165) is 44.4 Å². The third-order valence-corrected chi connectivity index (χ3v) is 6.89. The number of likely N-dealkylation sites (N-methyl/N-ethyl adjacent to an activating group) is 1. The second-order valence-electron chi connectivity index (χ2n) is 10.6. The molecule has 222 valence electrons. The van der Waals surface area contributed by atoms with Crippen molar-refractivity contribution in [1.29, 1.82) is 0 Å². The van der Waals surface area contributed by atoms with Crippen LogP contribution in [0.2, 0.25) is 0 Å². The Morgan fingerprint density at radius 1 is 1.02 bits per heavy atom. The fraction of sp³-hybridized carbons (Fsp3) is 0.188. The molecule has 0 fully saturated rings. The van der Waals surface area contributed by atoms with Gasteiger partial charge >= 0.3 is 0 Å². The van der Waals surface area contributed by atoms with E-state index in [-0.39, 0.29) is 11.7 Å². The number of nitrogens with zero attached hydrogens (tertiary/aromatic N) is 8. The van der Waals surface area contributed by atoms with Gasteiger partial charge in [-0.05, 0) is 68.2 Å². The van der Waals surface area contributed by atoms with E-state index in [0.29, 0.717) is 31.9 Å². The monoisotopic (exact) mass is 590 g/mol. The van der Waals surface area contributed by atoms with Gasteiger partial charge in [-0.15, -0.1) is 5.10 Å². The fourth-order valence-corrected chi connectivity index (χ4v) is 4.76. The maximum absolute atomic E-state index is 13.6. The van der Waals surface area contributed by atoms with Crippen LogP contribution in [0.25, 0.3) is 27.5 Å². The van der Waals surface area contributed by atoms with Crippen LogP contribution in [-0.2, 0) is 17.8 Å². The van der Waals surface area contributed by atoms with Crippen molar-refractivity contribution in [3.63, 3.8) is 0 Å². The lowest BCUT2D eigenvalue weighted by Crippen LogP contribution is -2.24. The molecule has 0 bridgehead atoms. The highest BCUT2D eigenvalue weighted by Gasteiger charge is 2.10. The lowest BCUT2D eigenvalue weighted by Gasteiger charge is -2.09. The van der Waals surface area contributed by atoms with E-state index in [2.05, 4.69) is 36.0 Å². The summed E-state index contributed by atoms with van der Waals surface area (Å²) in [7, 11) is 3.89. The SMILES string of the molecule is CN(C)C/C=C\C(=O)NCCc1cn(-c2ccc3ncnc(Nc4ccc5nn(Cc6cccc(F)c6)cc5c4)c3c2)nn1. The summed E-state index contributed by atoms with van der Waals surface area (Å²) in [6.07, 6.45) is 9.23. The predicted molar refractivity (Wildman–Crippen MR) is 167 cm³/mol. The van der Waals surface area contributed by atoms with Crippen LogP contribution in [0.15, 0.2) is 91.5 Å². The van der Waals surface area contributed by atoms with Crippen LogP contribution >= 0.6 is 0 Å². The zero-order valence-corrected chi connectivity index (χ0v) is 24.4. The second-order valence-corrected chi connectivity index (χ2v) is 10.6. The Labute approximate surface area is 253 Å². The van der Waals surface area contributed by atoms with Crippen molar-refractivity contribution in [2.45, 2.75) is 13.0 Å². The van der Waals surface area contributed by atoms with Gasteiger partial charge in [0.25, 0.3) is 0 Å². The number of hydrogen-bond acceptors (Lipinski definition) is 8. The summed E-state index contributed by atoms with van der Waals surface area (Å²) in [5.74, 6) is 0.250. The Morgan fingerprint density at radius 2 is 1.91 bits per heavy atom. The summed E-state index contributed by atoms with van der Waals surface area (Å²) in [5, 5.41) is 21.2. The van der Waals surface area contributed by atoms with Crippen molar-refractivity contribution in [1.82, 2.24) is 45.0 Å². The number of nitrogens with one attached hydrogen (secondary N) is 2. The molecule has 12 heteroatoms. The maximum atomic E-state index is 13.6. The highest BCUT2D eigenvalue weighted by atomic mass is 19.1. The molecule has 3 aromatic carbocycles. The van der Waals surface area contributed by atoms with Gasteiger partial charge in [-0.3, -0.25) is 9.48 Å². The highest BCUT2D eigenvalue weighted by molar-refractivity contribution is 5.93. The van der Waals surface area contributed by atoms with Gasteiger partial charge in [-0.2, -0.15) is 5.10 Å². The lowest BCUT2D eigenvalue weighted by molar-refractivity contribution is -0.116. The van der Waals surface area contributed by atoms with E-state index >= 15 is 0 Å². The van der Waals surface area contributed by atoms with Crippen molar-refractivity contribution < 1.29 is 9.18 Å². The third-order valence-electron chi connectivity index (χ3n) is 6.89. The van der Waals surface area contributed by atoms with E-state index in [1.807, 2.05) is 79.9 Å². The minimum Gasteiger partial charge on any atom is -0.352 e. The number of aromatic nitrogens is 7. The van der Waals surface area contributed by atoms with Crippen LogP contribution in [0.4, 0.5) is 15.9 Å². The molecule has 0 unspecified atom stereocenters. The number of carbonyl (C=O) groups is 1. The molecule has 0 aliphatic carbocycles. The molecule has 3 aromatic heterocycles. The van der Waals surface area contributed by atoms with E-state index < -0.39 is 0 Å². The summed E-state index contributed by atoms with van der Waals surface area (Å²) in [6.45, 7) is 1.63. The van der Waals surface area contributed by atoms with Gasteiger partial charge in [0.1, 0.15) is 18.0 Å². The zero-order valence-electron chi connectivity index (χ0n) is 24.4.